The molecule has 3 unspecified atom stereocenters. The Morgan fingerprint density at radius 1 is 1.47 bits per heavy atom. The zero-order chi connectivity index (χ0) is 13.1. The molecule has 1 aliphatic carbocycles. The number of carbonyl (C=O) groups is 2. The first-order chi connectivity index (χ1) is 7.98. The lowest BCUT2D eigenvalue weighted by Crippen LogP contribution is -2.61. The maximum absolute atomic E-state index is 11.7. The lowest BCUT2D eigenvalue weighted by molar-refractivity contribution is -0.163. The van der Waals surface area contributed by atoms with Gasteiger partial charge in [-0.1, -0.05) is 27.2 Å². The predicted molar refractivity (Wildman–Crippen MR) is 65.6 cm³/mol. The number of carbonyl (C=O) groups excluding carboxylic acids is 1. The summed E-state index contributed by atoms with van der Waals surface area (Å²) in [5, 5.41) is 9.60. The molecule has 4 nitrogen and oxygen atoms in total. The van der Waals surface area contributed by atoms with Crippen LogP contribution in [0.15, 0.2) is 0 Å². The van der Waals surface area contributed by atoms with E-state index in [1.165, 1.54) is 4.90 Å². The molecule has 1 amide bonds. The number of amides is 1. The maximum atomic E-state index is 11.7. The second kappa shape index (κ2) is 5.52. The molecule has 1 rings (SSSR count). The van der Waals surface area contributed by atoms with Gasteiger partial charge >= 0.3 is 5.97 Å². The molecule has 0 aromatic heterocycles. The van der Waals surface area contributed by atoms with E-state index in [9.17, 15) is 14.7 Å². The molecule has 1 saturated carbocycles. The average Bonchev–Trinajstić information content (AvgIpc) is 2.29. The standard InChI is InChI=1S/C13H23NO3/c1-4-7-14(9-15)13(12(16)17)8-10(2)5-6-11(13)3/h9-11H,4-8H2,1-3H3,(H,16,17). The zero-order valence-corrected chi connectivity index (χ0v) is 11.0. The second-order valence-corrected chi connectivity index (χ2v) is 5.32. The van der Waals surface area contributed by atoms with Crippen molar-refractivity contribution in [2.75, 3.05) is 6.54 Å². The summed E-state index contributed by atoms with van der Waals surface area (Å²) in [7, 11) is 0. The first-order valence-electron chi connectivity index (χ1n) is 6.44. The van der Waals surface area contributed by atoms with Crippen LogP contribution in [0.1, 0.15) is 46.5 Å². The van der Waals surface area contributed by atoms with Crippen LogP contribution in [0.5, 0.6) is 0 Å². The van der Waals surface area contributed by atoms with Crippen molar-refractivity contribution in [1.82, 2.24) is 4.90 Å². The first kappa shape index (κ1) is 14.0. The average molecular weight is 241 g/mol. The van der Waals surface area contributed by atoms with Gasteiger partial charge in [0.25, 0.3) is 0 Å². The minimum Gasteiger partial charge on any atom is -0.479 e. The highest BCUT2D eigenvalue weighted by Crippen LogP contribution is 2.41. The van der Waals surface area contributed by atoms with Gasteiger partial charge < -0.3 is 10.0 Å². The van der Waals surface area contributed by atoms with E-state index in [4.69, 9.17) is 0 Å². The van der Waals surface area contributed by atoms with Gasteiger partial charge in [0.2, 0.25) is 6.41 Å². The van der Waals surface area contributed by atoms with Crippen LogP contribution < -0.4 is 0 Å². The third-order valence-corrected chi connectivity index (χ3v) is 4.04. The highest BCUT2D eigenvalue weighted by Gasteiger charge is 2.50. The summed E-state index contributed by atoms with van der Waals surface area (Å²) >= 11 is 0. The Labute approximate surface area is 103 Å². The summed E-state index contributed by atoms with van der Waals surface area (Å²) in [6.07, 6.45) is 4.00. The number of carboxylic acid groups (broad SMARTS) is 1. The fourth-order valence-corrected chi connectivity index (χ4v) is 3.02. The number of hydrogen-bond donors (Lipinski definition) is 1. The molecule has 17 heavy (non-hydrogen) atoms. The van der Waals surface area contributed by atoms with E-state index in [2.05, 4.69) is 6.92 Å². The van der Waals surface area contributed by atoms with E-state index < -0.39 is 11.5 Å². The third kappa shape index (κ3) is 2.45. The normalized spacial score (nSPS) is 33.1. The summed E-state index contributed by atoms with van der Waals surface area (Å²) in [4.78, 5) is 24.4. The third-order valence-electron chi connectivity index (χ3n) is 4.04. The van der Waals surface area contributed by atoms with Crippen molar-refractivity contribution in [2.24, 2.45) is 11.8 Å². The van der Waals surface area contributed by atoms with E-state index >= 15 is 0 Å². The summed E-state index contributed by atoms with van der Waals surface area (Å²) in [6, 6.07) is 0. The van der Waals surface area contributed by atoms with E-state index in [-0.39, 0.29) is 5.92 Å². The Morgan fingerprint density at radius 2 is 2.12 bits per heavy atom. The van der Waals surface area contributed by atoms with Crippen molar-refractivity contribution >= 4 is 12.4 Å². The van der Waals surface area contributed by atoms with Crippen molar-refractivity contribution < 1.29 is 14.7 Å². The summed E-state index contributed by atoms with van der Waals surface area (Å²) in [5.74, 6) is -0.466. The Hall–Kier alpha value is -1.06. The van der Waals surface area contributed by atoms with Crippen molar-refractivity contribution in [2.45, 2.75) is 52.0 Å². The van der Waals surface area contributed by atoms with Crippen LogP contribution in [0.3, 0.4) is 0 Å². The lowest BCUT2D eigenvalue weighted by Gasteiger charge is -2.47. The number of nitrogens with zero attached hydrogens (tertiary/aromatic N) is 1. The monoisotopic (exact) mass is 241 g/mol. The van der Waals surface area contributed by atoms with Crippen molar-refractivity contribution in [3.05, 3.63) is 0 Å². The molecule has 3 atom stereocenters. The van der Waals surface area contributed by atoms with Gasteiger partial charge in [0.1, 0.15) is 5.54 Å². The van der Waals surface area contributed by atoms with Crippen molar-refractivity contribution in [3.63, 3.8) is 0 Å². The van der Waals surface area contributed by atoms with Crippen LogP contribution in [-0.2, 0) is 9.59 Å². The molecule has 0 bridgehead atoms. The molecule has 0 heterocycles. The van der Waals surface area contributed by atoms with E-state index in [0.29, 0.717) is 25.3 Å². The molecular weight excluding hydrogens is 218 g/mol. The van der Waals surface area contributed by atoms with Crippen LogP contribution in [0.2, 0.25) is 0 Å². The lowest BCUT2D eigenvalue weighted by atomic mass is 9.68. The maximum Gasteiger partial charge on any atom is 0.329 e. The molecule has 0 aliphatic heterocycles. The second-order valence-electron chi connectivity index (χ2n) is 5.32. The van der Waals surface area contributed by atoms with E-state index in [0.717, 1.165) is 19.3 Å². The molecule has 0 saturated heterocycles. The number of rotatable bonds is 5. The van der Waals surface area contributed by atoms with E-state index in [1.54, 1.807) is 0 Å². The van der Waals surface area contributed by atoms with Crippen LogP contribution in [0.4, 0.5) is 0 Å². The molecule has 1 aliphatic rings. The van der Waals surface area contributed by atoms with Gasteiger partial charge in [0.15, 0.2) is 0 Å². The highest BCUT2D eigenvalue weighted by atomic mass is 16.4. The largest absolute Gasteiger partial charge is 0.479 e. The molecule has 0 radical (unpaired) electrons. The first-order valence-corrected chi connectivity index (χ1v) is 6.44. The quantitative estimate of drug-likeness (QED) is 0.750. The molecule has 0 aromatic carbocycles. The van der Waals surface area contributed by atoms with Gasteiger partial charge in [-0.05, 0) is 31.1 Å². The van der Waals surface area contributed by atoms with Gasteiger partial charge in [-0.3, -0.25) is 4.79 Å². The molecule has 0 aromatic rings. The van der Waals surface area contributed by atoms with Gasteiger partial charge in [-0.2, -0.15) is 0 Å². The smallest absolute Gasteiger partial charge is 0.329 e. The Kier molecular flexibility index (Phi) is 4.54. The van der Waals surface area contributed by atoms with Gasteiger partial charge in [0.05, 0.1) is 0 Å². The molecule has 98 valence electrons. The van der Waals surface area contributed by atoms with Crippen LogP contribution >= 0.6 is 0 Å². The molecule has 0 spiro atoms. The predicted octanol–water partition coefficient (Wildman–Crippen LogP) is 2.13. The zero-order valence-electron chi connectivity index (χ0n) is 11.0. The fourth-order valence-electron chi connectivity index (χ4n) is 3.02. The van der Waals surface area contributed by atoms with Gasteiger partial charge in [-0.25, -0.2) is 4.79 Å². The molecular formula is C13H23NO3. The Balaban J connectivity index is 3.08. The minimum atomic E-state index is -0.991. The van der Waals surface area contributed by atoms with Crippen LogP contribution in [-0.4, -0.2) is 34.5 Å². The summed E-state index contributed by atoms with van der Waals surface area (Å²) in [5.41, 5.74) is -0.991. The molecule has 1 fully saturated rings. The minimum absolute atomic E-state index is 0.0212. The number of carboxylic acids is 1. The SMILES string of the molecule is CCCN(C=O)C1(C(=O)O)CC(C)CCC1C. The summed E-state index contributed by atoms with van der Waals surface area (Å²) in [6.45, 7) is 6.50. The van der Waals surface area contributed by atoms with Gasteiger partial charge in [0, 0.05) is 6.54 Å². The van der Waals surface area contributed by atoms with E-state index in [1.807, 2.05) is 13.8 Å². The topological polar surface area (TPSA) is 57.6 Å². The molecule has 4 heteroatoms. The van der Waals surface area contributed by atoms with Gasteiger partial charge in [-0.15, -0.1) is 0 Å². The number of hydrogen-bond acceptors (Lipinski definition) is 2. The number of aliphatic carboxylic acids is 1. The van der Waals surface area contributed by atoms with Crippen LogP contribution in [0, 0.1) is 11.8 Å². The van der Waals surface area contributed by atoms with Crippen molar-refractivity contribution in [3.8, 4) is 0 Å². The molecule has 1 N–H and O–H groups in total. The Bertz CT molecular complexity index is 292. The highest BCUT2D eigenvalue weighted by molar-refractivity contribution is 5.82. The van der Waals surface area contributed by atoms with Crippen molar-refractivity contribution in [1.29, 1.82) is 0 Å². The Morgan fingerprint density at radius 3 is 2.59 bits per heavy atom. The summed E-state index contributed by atoms with van der Waals surface area (Å²) < 4.78 is 0. The van der Waals surface area contributed by atoms with Crippen LogP contribution in [0.25, 0.3) is 0 Å². The fraction of sp³-hybridized carbons (Fsp3) is 0.846.